The zero-order valence-electron chi connectivity index (χ0n) is 5.37. The monoisotopic (exact) mass is 191 g/mol. The molecule has 0 atom stereocenters. The van der Waals surface area contributed by atoms with Gasteiger partial charge in [-0.05, 0) is 5.41 Å². The van der Waals surface area contributed by atoms with E-state index in [1.54, 1.807) is 11.8 Å². The number of nitrogens with one attached hydrogen (secondary N) is 1. The molecule has 56 valence electrons. The van der Waals surface area contributed by atoms with E-state index < -0.39 is 0 Å². The fraction of sp³-hybridized carbons (Fsp3) is 0.333. The van der Waals surface area contributed by atoms with Gasteiger partial charge in [0.1, 0.15) is 0 Å². The van der Waals surface area contributed by atoms with Crippen LogP contribution in [0.1, 0.15) is 0 Å². The first-order valence-corrected chi connectivity index (χ1v) is 5.04. The summed E-state index contributed by atoms with van der Waals surface area (Å²) in [4.78, 5) is 1.24. The van der Waals surface area contributed by atoms with Crippen molar-refractivity contribution < 1.29 is 0 Å². The highest BCUT2D eigenvalue weighted by molar-refractivity contribution is 8.06. The summed E-state index contributed by atoms with van der Waals surface area (Å²) in [6.45, 7) is 0. The van der Waals surface area contributed by atoms with Gasteiger partial charge in [-0.25, -0.2) is 0 Å². The van der Waals surface area contributed by atoms with E-state index in [4.69, 9.17) is 0 Å². The molecule has 0 spiro atoms. The fourth-order valence-corrected chi connectivity index (χ4v) is 1.82. The molecule has 4 heteroatoms. The Morgan fingerprint density at radius 1 is 1.40 bits per heavy atom. The molecule has 0 radical (unpaired) electrons. The highest BCUT2D eigenvalue weighted by atomic mass is 32.2. The second kappa shape index (κ2) is 4.26. The van der Waals surface area contributed by atoms with E-state index >= 15 is 0 Å². The summed E-state index contributed by atoms with van der Waals surface area (Å²) in [6.07, 6.45) is 1.98. The zero-order chi connectivity index (χ0) is 7.40. The predicted octanol–water partition coefficient (Wildman–Crippen LogP) is 1.87. The summed E-state index contributed by atoms with van der Waals surface area (Å²) < 4.78 is 0. The number of thioether (sulfide) groups is 1. The van der Waals surface area contributed by atoms with Gasteiger partial charge in [-0.1, -0.05) is 11.8 Å². The largest absolute Gasteiger partial charge is 0.363 e. The van der Waals surface area contributed by atoms with Gasteiger partial charge in [-0.3, -0.25) is 0 Å². The molecule has 0 fully saturated rings. The zero-order valence-corrected chi connectivity index (χ0v) is 7.98. The molecule has 1 aliphatic rings. The molecule has 0 saturated heterocycles. The quantitative estimate of drug-likeness (QED) is 0.576. The van der Waals surface area contributed by atoms with Crippen LogP contribution in [0, 0.1) is 0 Å². The Balaban J connectivity index is 2.45. The minimum Gasteiger partial charge on any atom is -0.363 e. The van der Waals surface area contributed by atoms with E-state index in [1.165, 1.54) is 4.91 Å². The molecule has 0 bridgehead atoms. The highest BCUT2D eigenvalue weighted by Crippen LogP contribution is 2.22. The Morgan fingerprint density at radius 3 is 2.60 bits per heavy atom. The summed E-state index contributed by atoms with van der Waals surface area (Å²) in [5.41, 5.74) is 1.15. The summed E-state index contributed by atoms with van der Waals surface area (Å²) in [7, 11) is 0. The van der Waals surface area contributed by atoms with Crippen molar-refractivity contribution in [2.75, 3.05) is 11.5 Å². The van der Waals surface area contributed by atoms with Crippen LogP contribution >= 0.6 is 37.0 Å². The SMILES string of the molecule is SCC1=CSC(CS)=CN1. The average molecular weight is 191 g/mol. The lowest BCUT2D eigenvalue weighted by Gasteiger charge is -2.11. The van der Waals surface area contributed by atoms with Crippen LogP contribution in [-0.4, -0.2) is 11.5 Å². The molecule has 10 heavy (non-hydrogen) atoms. The van der Waals surface area contributed by atoms with Crippen molar-refractivity contribution in [2.24, 2.45) is 0 Å². The third-order valence-corrected chi connectivity index (χ3v) is 2.96. The fourth-order valence-electron chi connectivity index (χ4n) is 0.554. The Kier molecular flexibility index (Phi) is 3.59. The number of hydrogen-bond acceptors (Lipinski definition) is 4. The second-order valence-electron chi connectivity index (χ2n) is 1.83. The normalized spacial score (nSPS) is 17.4. The molecule has 0 aromatic heterocycles. The minimum atomic E-state index is 0.767. The summed E-state index contributed by atoms with van der Waals surface area (Å²) in [5, 5.41) is 5.19. The molecule has 1 N–H and O–H groups in total. The number of rotatable bonds is 2. The van der Waals surface area contributed by atoms with Gasteiger partial charge in [0, 0.05) is 28.3 Å². The molecule has 0 aromatic carbocycles. The van der Waals surface area contributed by atoms with Crippen LogP contribution in [0.25, 0.3) is 0 Å². The van der Waals surface area contributed by atoms with Crippen molar-refractivity contribution in [3.8, 4) is 0 Å². The first-order chi connectivity index (χ1) is 4.86. The van der Waals surface area contributed by atoms with Crippen LogP contribution in [0.15, 0.2) is 22.2 Å². The highest BCUT2D eigenvalue weighted by Gasteiger charge is 2.01. The van der Waals surface area contributed by atoms with E-state index in [9.17, 15) is 0 Å². The van der Waals surface area contributed by atoms with Crippen LogP contribution < -0.4 is 5.32 Å². The Bertz CT molecular complexity index is 154. The summed E-state index contributed by atoms with van der Waals surface area (Å²) >= 11 is 9.98. The Morgan fingerprint density at radius 2 is 2.20 bits per heavy atom. The number of hydrogen-bond donors (Lipinski definition) is 3. The molecular weight excluding hydrogens is 182 g/mol. The lowest BCUT2D eigenvalue weighted by Crippen LogP contribution is -2.09. The van der Waals surface area contributed by atoms with Crippen molar-refractivity contribution in [1.29, 1.82) is 0 Å². The third kappa shape index (κ3) is 2.18. The third-order valence-electron chi connectivity index (χ3n) is 1.10. The first-order valence-electron chi connectivity index (χ1n) is 2.90. The molecule has 0 unspecified atom stereocenters. The lowest BCUT2D eigenvalue weighted by molar-refractivity contribution is 1.06. The number of thiol groups is 2. The molecular formula is C6H9NS3. The van der Waals surface area contributed by atoms with E-state index in [0.29, 0.717) is 0 Å². The van der Waals surface area contributed by atoms with E-state index in [2.05, 4.69) is 36.0 Å². The molecule has 0 saturated carbocycles. The molecule has 1 rings (SSSR count). The maximum absolute atomic E-state index is 4.14. The molecule has 1 aliphatic heterocycles. The maximum Gasteiger partial charge on any atom is 0.0312 e. The topological polar surface area (TPSA) is 12.0 Å². The maximum atomic E-state index is 4.14. The average Bonchev–Trinajstić information content (AvgIpc) is 2.05. The van der Waals surface area contributed by atoms with Crippen molar-refractivity contribution in [3.63, 3.8) is 0 Å². The van der Waals surface area contributed by atoms with Crippen molar-refractivity contribution in [1.82, 2.24) is 5.32 Å². The van der Waals surface area contributed by atoms with Gasteiger partial charge < -0.3 is 5.32 Å². The second-order valence-corrected chi connectivity index (χ2v) is 3.46. The van der Waals surface area contributed by atoms with Gasteiger partial charge in [-0.2, -0.15) is 25.3 Å². The van der Waals surface area contributed by atoms with Gasteiger partial charge in [0.15, 0.2) is 0 Å². The van der Waals surface area contributed by atoms with Crippen LogP contribution in [0.3, 0.4) is 0 Å². The van der Waals surface area contributed by atoms with Gasteiger partial charge in [0.05, 0.1) is 0 Å². The van der Waals surface area contributed by atoms with Crippen LogP contribution in [0.5, 0.6) is 0 Å². The summed E-state index contributed by atoms with van der Waals surface area (Å²) in [6, 6.07) is 0. The van der Waals surface area contributed by atoms with Crippen LogP contribution in [-0.2, 0) is 0 Å². The van der Waals surface area contributed by atoms with E-state index in [-0.39, 0.29) is 0 Å². The van der Waals surface area contributed by atoms with Gasteiger partial charge in [-0.15, -0.1) is 0 Å². The van der Waals surface area contributed by atoms with Gasteiger partial charge in [0.2, 0.25) is 0 Å². The van der Waals surface area contributed by atoms with Crippen molar-refractivity contribution >= 4 is 37.0 Å². The molecule has 0 amide bonds. The standard InChI is InChI=1S/C6H9NS3/c8-2-5-4-10-6(3-9)1-7-5/h1,4,7-9H,2-3H2. The molecule has 0 aliphatic carbocycles. The first kappa shape index (κ1) is 8.43. The van der Waals surface area contributed by atoms with E-state index in [0.717, 1.165) is 17.2 Å². The van der Waals surface area contributed by atoms with E-state index in [1.807, 2.05) is 6.20 Å². The van der Waals surface area contributed by atoms with Crippen LogP contribution in [0.4, 0.5) is 0 Å². The van der Waals surface area contributed by atoms with Gasteiger partial charge >= 0.3 is 0 Å². The van der Waals surface area contributed by atoms with Crippen molar-refractivity contribution in [2.45, 2.75) is 0 Å². The predicted molar refractivity (Wildman–Crippen MR) is 54.6 cm³/mol. The van der Waals surface area contributed by atoms with Crippen LogP contribution in [0.2, 0.25) is 0 Å². The summed E-state index contributed by atoms with van der Waals surface area (Å²) in [5.74, 6) is 1.57. The minimum absolute atomic E-state index is 0.767. The van der Waals surface area contributed by atoms with Gasteiger partial charge in [0.25, 0.3) is 0 Å². The smallest absolute Gasteiger partial charge is 0.0312 e. The Labute approximate surface area is 76.2 Å². The molecule has 1 nitrogen and oxygen atoms in total. The lowest BCUT2D eigenvalue weighted by atomic mass is 10.5. The molecule has 1 heterocycles. The van der Waals surface area contributed by atoms with Crippen molar-refractivity contribution in [3.05, 3.63) is 22.2 Å². The molecule has 0 aromatic rings. The Hall–Kier alpha value is 0.330.